The van der Waals surface area contributed by atoms with Gasteiger partial charge in [-0.1, -0.05) is 30.3 Å². The van der Waals surface area contributed by atoms with Crippen LogP contribution in [0.5, 0.6) is 0 Å². The number of benzene rings is 1. The third-order valence-electron chi connectivity index (χ3n) is 8.47. The third-order valence-corrected chi connectivity index (χ3v) is 11.4. The highest BCUT2D eigenvalue weighted by atomic mass is 32.2. The second-order valence-electron chi connectivity index (χ2n) is 11.3. The molecule has 1 aromatic carbocycles. The predicted molar refractivity (Wildman–Crippen MR) is 154 cm³/mol. The summed E-state index contributed by atoms with van der Waals surface area (Å²) in [4.78, 5) is 57.8. The fourth-order valence-electron chi connectivity index (χ4n) is 6.28. The zero-order chi connectivity index (χ0) is 30.2. The van der Waals surface area contributed by atoms with E-state index in [1.807, 2.05) is 0 Å². The Hall–Kier alpha value is -3.20. The summed E-state index contributed by atoms with van der Waals surface area (Å²) in [6, 6.07) is 6.54. The number of thiazole rings is 1. The Kier molecular flexibility index (Phi) is 8.78. The van der Waals surface area contributed by atoms with Crippen LogP contribution >= 0.6 is 11.3 Å². The fraction of sp³-hybridized carbons (Fsp3) is 0.536. The van der Waals surface area contributed by atoms with Crippen molar-refractivity contribution in [2.24, 2.45) is 11.7 Å². The Morgan fingerprint density at radius 2 is 1.81 bits per heavy atom. The van der Waals surface area contributed by atoms with Crippen LogP contribution in [-0.2, 0) is 25.4 Å². The molecule has 3 aliphatic rings. The minimum Gasteiger partial charge on any atom is -0.477 e. The Bertz CT molecular complexity index is 1470. The highest BCUT2D eigenvalue weighted by Crippen LogP contribution is 2.33. The fourth-order valence-corrected chi connectivity index (χ4v) is 8.66. The number of aryl methyl sites for hydroxylation is 1. The summed E-state index contributed by atoms with van der Waals surface area (Å²) in [6.07, 6.45) is 3.38. The molecule has 1 saturated carbocycles. The molecular weight excluding hydrogens is 582 g/mol. The first kappa shape index (κ1) is 30.3. The summed E-state index contributed by atoms with van der Waals surface area (Å²) in [6.45, 7) is 1.27. The van der Waals surface area contributed by atoms with Gasteiger partial charge in [0.05, 0.1) is 24.0 Å². The third kappa shape index (κ3) is 6.26. The number of rotatable bonds is 9. The van der Waals surface area contributed by atoms with E-state index in [0.717, 1.165) is 11.3 Å². The van der Waals surface area contributed by atoms with Crippen LogP contribution in [0.25, 0.3) is 0 Å². The van der Waals surface area contributed by atoms with Gasteiger partial charge in [-0.2, -0.15) is 4.31 Å². The number of carbonyl (C=O) groups is 4. The van der Waals surface area contributed by atoms with Gasteiger partial charge in [-0.25, -0.2) is 18.2 Å². The van der Waals surface area contributed by atoms with Crippen LogP contribution in [0.2, 0.25) is 0 Å². The van der Waals surface area contributed by atoms with Crippen LogP contribution in [0.4, 0.5) is 0 Å². The van der Waals surface area contributed by atoms with E-state index in [1.54, 1.807) is 30.3 Å². The molecule has 0 bridgehead atoms. The van der Waals surface area contributed by atoms with E-state index in [0.29, 0.717) is 44.1 Å². The molecule has 2 aliphatic heterocycles. The molecule has 2 amide bonds. The topological polar surface area (TPSA) is 180 Å². The summed E-state index contributed by atoms with van der Waals surface area (Å²) in [5.74, 6) is -2.99. The smallest absolute Gasteiger partial charge is 0.347 e. The molecule has 0 radical (unpaired) electrons. The van der Waals surface area contributed by atoms with Gasteiger partial charge in [-0.15, -0.1) is 11.3 Å². The molecule has 4 N–H and O–H groups in total. The second kappa shape index (κ2) is 12.2. The quantitative estimate of drug-likeness (QED) is 0.352. The number of piperazine rings is 1. The average molecular weight is 618 g/mol. The van der Waals surface area contributed by atoms with E-state index in [9.17, 15) is 32.7 Å². The molecule has 14 heteroatoms. The lowest BCUT2D eigenvalue weighted by atomic mass is 9.80. The molecule has 3 fully saturated rings. The number of carboxylic acid groups (broad SMARTS) is 1. The maximum Gasteiger partial charge on any atom is 0.347 e. The van der Waals surface area contributed by atoms with Crippen molar-refractivity contribution in [1.29, 1.82) is 0 Å². The number of nitrogens with zero attached hydrogens (tertiary/aromatic N) is 3. The van der Waals surface area contributed by atoms with E-state index in [1.165, 1.54) is 16.1 Å². The van der Waals surface area contributed by atoms with Crippen molar-refractivity contribution in [3.63, 3.8) is 0 Å². The van der Waals surface area contributed by atoms with Crippen LogP contribution in [0.3, 0.4) is 0 Å². The number of nitrogens with two attached hydrogens (primary N) is 1. The van der Waals surface area contributed by atoms with Crippen molar-refractivity contribution < 1.29 is 32.7 Å². The van der Waals surface area contributed by atoms with Crippen molar-refractivity contribution >= 4 is 44.9 Å². The lowest BCUT2D eigenvalue weighted by Gasteiger charge is -2.39. The Morgan fingerprint density at radius 1 is 1.12 bits per heavy atom. The average Bonchev–Trinajstić information content (AvgIpc) is 3.56. The largest absolute Gasteiger partial charge is 0.477 e. The molecule has 1 aliphatic carbocycles. The molecule has 1 aromatic heterocycles. The van der Waals surface area contributed by atoms with E-state index in [4.69, 9.17) is 5.73 Å². The van der Waals surface area contributed by atoms with Gasteiger partial charge >= 0.3 is 5.97 Å². The molecule has 5 rings (SSSR count). The normalized spacial score (nSPS) is 25.6. The van der Waals surface area contributed by atoms with Crippen LogP contribution in [-0.4, -0.2) is 88.5 Å². The van der Waals surface area contributed by atoms with Gasteiger partial charge in [0.2, 0.25) is 27.6 Å². The van der Waals surface area contributed by atoms with Crippen LogP contribution in [0.15, 0.2) is 30.3 Å². The molecule has 3 heterocycles. The van der Waals surface area contributed by atoms with E-state index < -0.39 is 51.7 Å². The van der Waals surface area contributed by atoms with E-state index in [2.05, 4.69) is 10.3 Å². The van der Waals surface area contributed by atoms with Gasteiger partial charge in [0, 0.05) is 18.6 Å². The standard InChI is InChI=1S/C28H35N5O7S2/c1-16-25(28(37)38)41-27(30-16)24(35)23(18-7-9-19(29)10-8-18)31-26(36)21-12-11-20-13-32(14-22(34)33(20)21)42(39,40)15-17-5-3-2-4-6-17/h2-6,18-21,23H,7-15,29H2,1H3,(H,31,36)(H,37,38)/t18?,19?,20-,21-,23?/m0/s1. The van der Waals surface area contributed by atoms with E-state index >= 15 is 0 Å². The molecule has 226 valence electrons. The predicted octanol–water partition coefficient (Wildman–Crippen LogP) is 1.54. The highest BCUT2D eigenvalue weighted by molar-refractivity contribution is 7.88. The number of fused-ring (bicyclic) bond motifs is 1. The second-order valence-corrected chi connectivity index (χ2v) is 14.3. The Morgan fingerprint density at radius 3 is 2.45 bits per heavy atom. The molecule has 2 saturated heterocycles. The lowest BCUT2D eigenvalue weighted by molar-refractivity contribution is -0.143. The van der Waals surface area contributed by atoms with Gasteiger partial charge in [-0.3, -0.25) is 14.4 Å². The first-order valence-electron chi connectivity index (χ1n) is 14.1. The molecule has 0 spiro atoms. The number of carbonyl (C=O) groups excluding carboxylic acids is 3. The number of aromatic carboxylic acids is 1. The van der Waals surface area contributed by atoms with Gasteiger partial charge in [-0.05, 0) is 56.9 Å². The maximum absolute atomic E-state index is 13.7. The first-order valence-corrected chi connectivity index (χ1v) is 16.5. The maximum atomic E-state index is 13.7. The minimum absolute atomic E-state index is 0.0103. The van der Waals surface area contributed by atoms with Crippen molar-refractivity contribution in [3.8, 4) is 0 Å². The number of hydrogen-bond donors (Lipinski definition) is 3. The lowest BCUT2D eigenvalue weighted by Crippen LogP contribution is -2.61. The molecule has 1 unspecified atom stereocenters. The first-order chi connectivity index (χ1) is 19.9. The van der Waals surface area contributed by atoms with Gasteiger partial charge in [0.25, 0.3) is 0 Å². The number of sulfonamides is 1. The number of Topliss-reactive ketones (excluding diaryl/α,β-unsaturated/α-hetero) is 1. The summed E-state index contributed by atoms with van der Waals surface area (Å²) < 4.78 is 27.4. The number of carboxylic acids is 1. The van der Waals surface area contributed by atoms with Crippen molar-refractivity contribution in [1.82, 2.24) is 19.5 Å². The molecule has 42 heavy (non-hydrogen) atoms. The Labute approximate surface area is 248 Å². The van der Waals surface area contributed by atoms with E-state index in [-0.39, 0.29) is 46.4 Å². The van der Waals surface area contributed by atoms with Gasteiger partial charge in [0.15, 0.2) is 5.01 Å². The SMILES string of the molecule is Cc1nc(C(=O)C(NC(=O)[C@@H]2CC[C@H]3CN(S(=O)(=O)Cc4ccccc4)CC(=O)N32)C2CCC(N)CC2)sc1C(=O)O. The molecule has 3 atom stereocenters. The Balaban J connectivity index is 1.31. The van der Waals surface area contributed by atoms with Crippen LogP contribution < -0.4 is 11.1 Å². The summed E-state index contributed by atoms with van der Waals surface area (Å²) in [5, 5.41) is 12.3. The van der Waals surface area contributed by atoms with Gasteiger partial charge in [0.1, 0.15) is 10.9 Å². The number of nitrogens with one attached hydrogen (secondary N) is 1. The van der Waals surface area contributed by atoms with Crippen LogP contribution in [0.1, 0.15) is 69.3 Å². The van der Waals surface area contributed by atoms with Crippen molar-refractivity contribution in [2.45, 2.75) is 75.4 Å². The molecule has 2 aromatic rings. The highest BCUT2D eigenvalue weighted by Gasteiger charge is 2.48. The number of hydrogen-bond acceptors (Lipinski definition) is 9. The van der Waals surface area contributed by atoms with Crippen LogP contribution in [0, 0.1) is 12.8 Å². The summed E-state index contributed by atoms with van der Waals surface area (Å²) in [5.41, 5.74) is 6.93. The summed E-state index contributed by atoms with van der Waals surface area (Å²) >= 11 is 0.786. The molecular formula is C28H35N5O7S2. The zero-order valence-electron chi connectivity index (χ0n) is 23.3. The number of aromatic nitrogens is 1. The minimum atomic E-state index is -3.75. The monoisotopic (exact) mass is 617 g/mol. The molecule has 12 nitrogen and oxygen atoms in total. The number of ketones is 1. The zero-order valence-corrected chi connectivity index (χ0v) is 24.9. The number of amides is 2. The van der Waals surface area contributed by atoms with Crippen molar-refractivity contribution in [2.75, 3.05) is 13.1 Å². The van der Waals surface area contributed by atoms with Gasteiger partial charge < -0.3 is 21.1 Å². The van der Waals surface area contributed by atoms with Crippen molar-refractivity contribution in [3.05, 3.63) is 51.5 Å². The summed E-state index contributed by atoms with van der Waals surface area (Å²) in [7, 11) is -3.75.